The molecule has 0 saturated carbocycles. The molecule has 6 nitrogen and oxygen atoms in total. The van der Waals surface area contributed by atoms with Crippen molar-refractivity contribution >= 4 is 12.0 Å². The zero-order valence-corrected chi connectivity index (χ0v) is 15.0. The Kier molecular flexibility index (Phi) is 6.02. The van der Waals surface area contributed by atoms with Gasteiger partial charge in [-0.05, 0) is 19.1 Å². The van der Waals surface area contributed by atoms with Crippen molar-refractivity contribution in [2.45, 2.75) is 20.4 Å². The minimum atomic E-state index is -0.000424. The van der Waals surface area contributed by atoms with Crippen molar-refractivity contribution in [1.29, 1.82) is 0 Å². The summed E-state index contributed by atoms with van der Waals surface area (Å²) in [7, 11) is 0. The first-order chi connectivity index (χ1) is 13.2. The van der Waals surface area contributed by atoms with E-state index in [0.717, 1.165) is 11.3 Å². The number of ether oxygens (including phenoxy) is 1. The highest BCUT2D eigenvalue weighted by molar-refractivity contribution is 6.08. The number of aromatic nitrogens is 2. The molecule has 0 aliphatic heterocycles. The maximum Gasteiger partial charge on any atom is 0.258 e. The Morgan fingerprint density at radius 1 is 1.04 bits per heavy atom. The lowest BCUT2D eigenvalue weighted by Crippen LogP contribution is -2.42. The summed E-state index contributed by atoms with van der Waals surface area (Å²) in [6.45, 7) is 2.60. The molecule has 3 rings (SSSR count). The average molecular weight is 363 g/mol. The third-order valence-electron chi connectivity index (χ3n) is 4.07. The van der Waals surface area contributed by atoms with E-state index in [1.54, 1.807) is 12.1 Å². The molecule has 1 aromatic carbocycles. The first kappa shape index (κ1) is 18.4. The molecule has 2 heterocycles. The molecule has 0 amide bonds. The molecule has 0 spiro atoms. The second kappa shape index (κ2) is 8.82. The Labute approximate surface area is 157 Å². The Hall–Kier alpha value is -3.38. The number of oxime groups is 1. The highest BCUT2D eigenvalue weighted by Crippen LogP contribution is 2.10. The number of aryl methyl sites for hydroxylation is 1. The van der Waals surface area contributed by atoms with Gasteiger partial charge in [-0.1, -0.05) is 28.9 Å². The molecule has 1 N–H and O–H groups in total. The van der Waals surface area contributed by atoms with Crippen LogP contribution in [-0.4, -0.2) is 17.2 Å². The van der Waals surface area contributed by atoms with Crippen LogP contribution >= 0.6 is 0 Å². The molecule has 136 valence electrons. The highest BCUT2D eigenvalue weighted by atomic mass is 16.5. The number of benzene rings is 1. The Morgan fingerprint density at radius 2 is 1.85 bits per heavy atom. The lowest BCUT2D eigenvalue weighted by molar-refractivity contribution is -0.788. The van der Waals surface area contributed by atoms with Gasteiger partial charge in [0.25, 0.3) is 13.5 Å². The maximum atomic E-state index is 12.5. The van der Waals surface area contributed by atoms with Gasteiger partial charge < -0.3 is 5.21 Å². The topological polar surface area (TPSA) is 66.7 Å². The van der Waals surface area contributed by atoms with E-state index in [1.807, 2.05) is 77.1 Å². The molecule has 0 aliphatic rings. The number of nitrogens with zero attached hydrogens (tertiary/aromatic N) is 3. The smallest absolute Gasteiger partial charge is 0.258 e. The van der Waals surface area contributed by atoms with Crippen LogP contribution in [-0.2, 0) is 18.2 Å². The lowest BCUT2D eigenvalue weighted by atomic mass is 10.0. The monoisotopic (exact) mass is 363 g/mol. The van der Waals surface area contributed by atoms with Gasteiger partial charge in [0.15, 0.2) is 24.4 Å². The van der Waals surface area contributed by atoms with Crippen molar-refractivity contribution in [2.75, 3.05) is 0 Å². The van der Waals surface area contributed by atoms with E-state index in [4.69, 9.17) is 9.94 Å². The summed E-state index contributed by atoms with van der Waals surface area (Å²) in [6, 6.07) is 16.7. The van der Waals surface area contributed by atoms with E-state index in [0.29, 0.717) is 24.6 Å². The normalized spacial score (nSPS) is 11.0. The fourth-order valence-corrected chi connectivity index (χ4v) is 2.68. The average Bonchev–Trinajstić information content (AvgIpc) is 2.69. The molecule has 0 aliphatic carbocycles. The first-order valence-electron chi connectivity index (χ1n) is 8.51. The van der Waals surface area contributed by atoms with Gasteiger partial charge in [-0.25, -0.2) is 0 Å². The van der Waals surface area contributed by atoms with Crippen LogP contribution in [0.1, 0.15) is 27.2 Å². The SMILES string of the molecule is Cc1cccc(C(=O)c2cc[n+](COC[n+]3ccccc3C=NO)cc2)c1. The summed E-state index contributed by atoms with van der Waals surface area (Å²) < 4.78 is 9.35. The van der Waals surface area contributed by atoms with Gasteiger partial charge in [0.05, 0.1) is 0 Å². The van der Waals surface area contributed by atoms with Crippen LogP contribution < -0.4 is 9.13 Å². The van der Waals surface area contributed by atoms with Crippen molar-refractivity contribution in [3.05, 3.63) is 95.6 Å². The molecule has 0 atom stereocenters. The molecule has 2 aromatic heterocycles. The van der Waals surface area contributed by atoms with Crippen LogP contribution in [0.25, 0.3) is 0 Å². The molecule has 3 aromatic rings. The highest BCUT2D eigenvalue weighted by Gasteiger charge is 2.12. The molecule has 0 saturated heterocycles. The van der Waals surface area contributed by atoms with Crippen LogP contribution in [0.3, 0.4) is 0 Å². The van der Waals surface area contributed by atoms with Gasteiger partial charge in [-0.3, -0.25) is 9.53 Å². The Morgan fingerprint density at radius 3 is 2.59 bits per heavy atom. The van der Waals surface area contributed by atoms with E-state index >= 15 is 0 Å². The largest absolute Gasteiger partial charge is 0.411 e. The van der Waals surface area contributed by atoms with Gasteiger partial charge in [-0.2, -0.15) is 9.13 Å². The van der Waals surface area contributed by atoms with Crippen LogP contribution in [0.2, 0.25) is 0 Å². The summed E-state index contributed by atoms with van der Waals surface area (Å²) in [5.41, 5.74) is 3.10. The van der Waals surface area contributed by atoms with Gasteiger partial charge in [0, 0.05) is 35.4 Å². The standard InChI is InChI=1S/C21H20N3O3/c1-17-5-4-6-19(13-17)21(25)18-8-11-23(12-9-18)15-27-16-24-10-3-2-7-20(24)14-22-26/h2-14H,15-16H2,1H3/q+1/p+1. The minimum Gasteiger partial charge on any atom is -0.411 e. The molecule has 27 heavy (non-hydrogen) atoms. The predicted octanol–water partition coefficient (Wildman–Crippen LogP) is 2.24. The van der Waals surface area contributed by atoms with E-state index in [9.17, 15) is 4.79 Å². The summed E-state index contributed by atoms with van der Waals surface area (Å²) >= 11 is 0. The second-order valence-corrected chi connectivity index (χ2v) is 6.10. The molecular formula is C21H21N3O3+2. The fourth-order valence-electron chi connectivity index (χ4n) is 2.68. The first-order valence-corrected chi connectivity index (χ1v) is 8.51. The van der Waals surface area contributed by atoms with E-state index in [2.05, 4.69) is 5.16 Å². The van der Waals surface area contributed by atoms with Crippen molar-refractivity contribution in [1.82, 2.24) is 0 Å². The molecule has 6 heteroatoms. The quantitative estimate of drug-likeness (QED) is 0.230. The van der Waals surface area contributed by atoms with Gasteiger partial charge >= 0.3 is 0 Å². The minimum absolute atomic E-state index is 0.000424. The summed E-state index contributed by atoms with van der Waals surface area (Å²) in [6.07, 6.45) is 6.82. The van der Waals surface area contributed by atoms with Gasteiger partial charge in [0.2, 0.25) is 5.69 Å². The van der Waals surface area contributed by atoms with Crippen LogP contribution in [0.5, 0.6) is 0 Å². The number of carbonyl (C=O) groups is 1. The number of ketones is 1. The number of hydrogen-bond acceptors (Lipinski definition) is 4. The molecule has 0 unspecified atom stereocenters. The molecule has 0 bridgehead atoms. The number of rotatable bonds is 7. The van der Waals surface area contributed by atoms with Crippen molar-refractivity contribution in [3.63, 3.8) is 0 Å². The second-order valence-electron chi connectivity index (χ2n) is 6.10. The number of carbonyl (C=O) groups excluding carboxylic acids is 1. The third-order valence-corrected chi connectivity index (χ3v) is 4.07. The number of hydrogen-bond donors (Lipinski definition) is 1. The Bertz CT molecular complexity index is 953. The Balaban J connectivity index is 1.61. The van der Waals surface area contributed by atoms with Crippen molar-refractivity contribution in [3.8, 4) is 0 Å². The molecule has 0 radical (unpaired) electrons. The summed E-state index contributed by atoms with van der Waals surface area (Å²) in [5.74, 6) is -0.000424. The van der Waals surface area contributed by atoms with E-state index < -0.39 is 0 Å². The van der Waals surface area contributed by atoms with Crippen LogP contribution in [0, 0.1) is 6.92 Å². The molecule has 0 fully saturated rings. The summed E-state index contributed by atoms with van der Waals surface area (Å²) in [5, 5.41) is 11.8. The van der Waals surface area contributed by atoms with E-state index in [1.165, 1.54) is 6.21 Å². The van der Waals surface area contributed by atoms with Crippen LogP contribution in [0.4, 0.5) is 0 Å². The van der Waals surface area contributed by atoms with Gasteiger partial charge in [0.1, 0.15) is 6.21 Å². The molecular weight excluding hydrogens is 342 g/mol. The summed E-state index contributed by atoms with van der Waals surface area (Å²) in [4.78, 5) is 12.5. The predicted molar refractivity (Wildman–Crippen MR) is 98.4 cm³/mol. The van der Waals surface area contributed by atoms with E-state index in [-0.39, 0.29) is 5.78 Å². The van der Waals surface area contributed by atoms with Crippen LogP contribution in [0.15, 0.2) is 78.3 Å². The van der Waals surface area contributed by atoms with Gasteiger partial charge in [-0.15, -0.1) is 0 Å². The fraction of sp³-hybridized carbons (Fsp3) is 0.143. The van der Waals surface area contributed by atoms with Crippen molar-refractivity contribution in [2.24, 2.45) is 5.16 Å². The zero-order valence-electron chi connectivity index (χ0n) is 15.0. The maximum absolute atomic E-state index is 12.5. The number of pyridine rings is 2. The van der Waals surface area contributed by atoms with Crippen molar-refractivity contribution < 1.29 is 23.9 Å². The lowest BCUT2D eigenvalue weighted by Gasteiger charge is -2.03. The zero-order chi connectivity index (χ0) is 19.1. The third kappa shape index (κ3) is 4.83.